The first-order valence-electron chi connectivity index (χ1n) is 6.98. The average Bonchev–Trinajstić information content (AvgIpc) is 2.97. The van der Waals surface area contributed by atoms with Crippen molar-refractivity contribution in [2.75, 3.05) is 32.7 Å². The number of nitrogens with one attached hydrogen (secondary N) is 2. The van der Waals surface area contributed by atoms with Gasteiger partial charge < -0.3 is 20.0 Å². The number of carbonyl (C=O) groups is 2. The Kier molecular flexibility index (Phi) is 3.87. The first-order chi connectivity index (χ1) is 10.3. The summed E-state index contributed by atoms with van der Waals surface area (Å²) in [5.41, 5.74) is 1.12. The van der Waals surface area contributed by atoms with Crippen molar-refractivity contribution in [2.24, 2.45) is 0 Å². The van der Waals surface area contributed by atoms with Crippen LogP contribution in [0.3, 0.4) is 0 Å². The molecule has 0 saturated carbocycles. The van der Waals surface area contributed by atoms with Gasteiger partial charge >= 0.3 is 0 Å². The van der Waals surface area contributed by atoms with E-state index in [1.807, 2.05) is 18.2 Å². The molecule has 1 aromatic carbocycles. The van der Waals surface area contributed by atoms with Gasteiger partial charge in [0, 0.05) is 31.6 Å². The van der Waals surface area contributed by atoms with Crippen molar-refractivity contribution in [1.29, 1.82) is 0 Å². The lowest BCUT2D eigenvalue weighted by Gasteiger charge is -2.27. The van der Waals surface area contributed by atoms with Crippen LogP contribution in [0.25, 0.3) is 11.0 Å². The lowest BCUT2D eigenvalue weighted by Crippen LogP contribution is -2.49. The van der Waals surface area contributed by atoms with E-state index in [0.29, 0.717) is 24.2 Å². The lowest BCUT2D eigenvalue weighted by atomic mass is 10.1. The summed E-state index contributed by atoms with van der Waals surface area (Å²) in [4.78, 5) is 25.9. The highest BCUT2D eigenvalue weighted by Gasteiger charge is 2.18. The highest BCUT2D eigenvalue weighted by atomic mass is 16.3. The van der Waals surface area contributed by atoms with Crippen molar-refractivity contribution in [3.63, 3.8) is 0 Å². The monoisotopic (exact) mass is 287 g/mol. The molecule has 0 spiro atoms. The van der Waals surface area contributed by atoms with Crippen molar-refractivity contribution in [3.05, 3.63) is 36.1 Å². The first kappa shape index (κ1) is 13.6. The molecule has 2 amide bonds. The van der Waals surface area contributed by atoms with Crippen LogP contribution in [0.15, 0.2) is 34.9 Å². The Balaban J connectivity index is 1.62. The van der Waals surface area contributed by atoms with Crippen molar-refractivity contribution in [2.45, 2.75) is 0 Å². The summed E-state index contributed by atoms with van der Waals surface area (Å²) in [5.74, 6) is -0.346. The van der Waals surface area contributed by atoms with Gasteiger partial charge in [0.2, 0.25) is 5.91 Å². The molecule has 1 aromatic heterocycles. The molecule has 0 radical (unpaired) electrons. The SMILES string of the molecule is O=C(NCC(=O)N1CCNCC1)c1coc2ccccc12. The molecule has 2 aromatic rings. The molecule has 2 N–H and O–H groups in total. The van der Waals surface area contributed by atoms with Gasteiger partial charge in [0.15, 0.2) is 0 Å². The third-order valence-electron chi connectivity index (χ3n) is 3.60. The van der Waals surface area contributed by atoms with Crippen molar-refractivity contribution < 1.29 is 14.0 Å². The largest absolute Gasteiger partial charge is 0.463 e. The second-order valence-electron chi connectivity index (χ2n) is 4.96. The number of hydrogen-bond donors (Lipinski definition) is 2. The number of nitrogens with zero attached hydrogens (tertiary/aromatic N) is 1. The number of hydrogen-bond acceptors (Lipinski definition) is 4. The van der Waals surface area contributed by atoms with Crippen LogP contribution >= 0.6 is 0 Å². The van der Waals surface area contributed by atoms with Gasteiger partial charge in [0.25, 0.3) is 5.91 Å². The second-order valence-corrected chi connectivity index (χ2v) is 4.96. The quantitative estimate of drug-likeness (QED) is 0.866. The van der Waals surface area contributed by atoms with E-state index in [0.717, 1.165) is 18.5 Å². The Morgan fingerprint density at radius 1 is 1.24 bits per heavy atom. The van der Waals surface area contributed by atoms with E-state index in [4.69, 9.17) is 4.42 Å². The van der Waals surface area contributed by atoms with Crippen LogP contribution in [-0.2, 0) is 4.79 Å². The third kappa shape index (κ3) is 2.90. The molecule has 2 heterocycles. The van der Waals surface area contributed by atoms with E-state index in [2.05, 4.69) is 10.6 Å². The minimum absolute atomic E-state index is 0.0122. The van der Waals surface area contributed by atoms with Crippen LogP contribution < -0.4 is 10.6 Å². The molecule has 21 heavy (non-hydrogen) atoms. The number of amides is 2. The number of rotatable bonds is 3. The normalized spacial score (nSPS) is 15.1. The van der Waals surface area contributed by atoms with E-state index in [-0.39, 0.29) is 18.4 Å². The zero-order valence-electron chi connectivity index (χ0n) is 11.6. The van der Waals surface area contributed by atoms with Gasteiger partial charge in [-0.15, -0.1) is 0 Å². The molecule has 1 fully saturated rings. The summed E-state index contributed by atoms with van der Waals surface area (Å²) >= 11 is 0. The third-order valence-corrected chi connectivity index (χ3v) is 3.60. The second kappa shape index (κ2) is 5.97. The van der Waals surface area contributed by atoms with Gasteiger partial charge in [-0.05, 0) is 6.07 Å². The van der Waals surface area contributed by atoms with Crippen LogP contribution in [0.4, 0.5) is 0 Å². The Hall–Kier alpha value is -2.34. The van der Waals surface area contributed by atoms with Crippen LogP contribution in [0.5, 0.6) is 0 Å². The minimum Gasteiger partial charge on any atom is -0.463 e. The van der Waals surface area contributed by atoms with Gasteiger partial charge in [-0.25, -0.2) is 0 Å². The van der Waals surface area contributed by atoms with Crippen LogP contribution in [-0.4, -0.2) is 49.4 Å². The molecule has 6 nitrogen and oxygen atoms in total. The molecule has 110 valence electrons. The van der Waals surface area contributed by atoms with Crippen LogP contribution in [0, 0.1) is 0 Å². The van der Waals surface area contributed by atoms with E-state index >= 15 is 0 Å². The number of para-hydroxylation sites is 1. The molecule has 0 unspecified atom stereocenters. The van der Waals surface area contributed by atoms with E-state index in [9.17, 15) is 9.59 Å². The van der Waals surface area contributed by atoms with Crippen molar-refractivity contribution >= 4 is 22.8 Å². The standard InChI is InChI=1S/C15H17N3O3/c19-14(18-7-5-16-6-8-18)9-17-15(20)12-10-21-13-4-2-1-3-11(12)13/h1-4,10,16H,5-9H2,(H,17,20). The molecular formula is C15H17N3O3. The maximum atomic E-state index is 12.2. The smallest absolute Gasteiger partial charge is 0.255 e. The molecule has 1 saturated heterocycles. The van der Waals surface area contributed by atoms with Gasteiger partial charge in [0.05, 0.1) is 12.1 Å². The van der Waals surface area contributed by atoms with Crippen LogP contribution in [0.2, 0.25) is 0 Å². The van der Waals surface area contributed by atoms with Crippen molar-refractivity contribution in [1.82, 2.24) is 15.5 Å². The molecule has 6 heteroatoms. The zero-order chi connectivity index (χ0) is 14.7. The average molecular weight is 287 g/mol. The Morgan fingerprint density at radius 3 is 2.81 bits per heavy atom. The fourth-order valence-electron chi connectivity index (χ4n) is 2.43. The summed E-state index contributed by atoms with van der Waals surface area (Å²) in [7, 11) is 0. The van der Waals surface area contributed by atoms with Crippen molar-refractivity contribution in [3.8, 4) is 0 Å². The Labute approximate surface area is 122 Å². The molecule has 0 atom stereocenters. The van der Waals surface area contributed by atoms with Gasteiger partial charge in [-0.2, -0.15) is 0 Å². The summed E-state index contributed by atoms with van der Waals surface area (Å²) in [5, 5.41) is 6.60. The summed E-state index contributed by atoms with van der Waals surface area (Å²) in [6.45, 7) is 2.98. The number of piperazine rings is 1. The summed E-state index contributed by atoms with van der Waals surface area (Å²) in [6.07, 6.45) is 1.43. The summed E-state index contributed by atoms with van der Waals surface area (Å²) < 4.78 is 5.33. The Bertz CT molecular complexity index is 659. The van der Waals surface area contributed by atoms with E-state index in [1.165, 1.54) is 6.26 Å². The summed E-state index contributed by atoms with van der Waals surface area (Å²) in [6, 6.07) is 7.33. The lowest BCUT2D eigenvalue weighted by molar-refractivity contribution is -0.130. The highest BCUT2D eigenvalue weighted by Crippen LogP contribution is 2.20. The predicted octanol–water partition coefficient (Wildman–Crippen LogP) is 0.594. The van der Waals surface area contributed by atoms with Gasteiger partial charge in [-0.1, -0.05) is 18.2 Å². The fourth-order valence-corrected chi connectivity index (χ4v) is 2.43. The van der Waals surface area contributed by atoms with Gasteiger partial charge in [-0.3, -0.25) is 9.59 Å². The fraction of sp³-hybridized carbons (Fsp3) is 0.333. The van der Waals surface area contributed by atoms with Gasteiger partial charge in [0.1, 0.15) is 11.8 Å². The van der Waals surface area contributed by atoms with E-state index in [1.54, 1.807) is 11.0 Å². The molecule has 0 aliphatic carbocycles. The molecule has 0 bridgehead atoms. The van der Waals surface area contributed by atoms with Crippen LogP contribution in [0.1, 0.15) is 10.4 Å². The molecular weight excluding hydrogens is 270 g/mol. The minimum atomic E-state index is -0.288. The van der Waals surface area contributed by atoms with E-state index < -0.39 is 0 Å². The molecule has 1 aliphatic heterocycles. The highest BCUT2D eigenvalue weighted by molar-refractivity contribution is 6.06. The maximum absolute atomic E-state index is 12.2. The topological polar surface area (TPSA) is 74.6 Å². The molecule has 1 aliphatic rings. The number of furan rings is 1. The Morgan fingerprint density at radius 2 is 2.00 bits per heavy atom. The number of benzene rings is 1. The predicted molar refractivity (Wildman–Crippen MR) is 78.0 cm³/mol. The molecule has 3 rings (SSSR count). The maximum Gasteiger partial charge on any atom is 0.255 e. The zero-order valence-corrected chi connectivity index (χ0v) is 11.6. The first-order valence-corrected chi connectivity index (χ1v) is 6.98. The number of carbonyl (C=O) groups excluding carboxylic acids is 2. The number of fused-ring (bicyclic) bond motifs is 1.